The molecule has 0 bridgehead atoms. The number of aromatic nitrogens is 1. The normalized spacial score (nSPS) is 17.4. The number of carbonyl (C=O) groups is 1. The molecule has 0 fully saturated rings. The molecule has 0 N–H and O–H groups in total. The summed E-state index contributed by atoms with van der Waals surface area (Å²) in [4.78, 5) is 17.7. The fraction of sp³-hybridized carbons (Fsp3) is 0.200. The summed E-state index contributed by atoms with van der Waals surface area (Å²) < 4.78 is 66.0. The highest BCUT2D eigenvalue weighted by atomic mass is 32.2. The number of benzene rings is 1. The number of nitrogens with zero attached hydrogens (tertiary/aromatic N) is 2. The van der Waals surface area contributed by atoms with Crippen molar-refractivity contribution in [3.05, 3.63) is 47.9 Å². The second kappa shape index (κ2) is 6.43. The van der Waals surface area contributed by atoms with Gasteiger partial charge in [-0.25, -0.2) is 9.37 Å². The molecule has 2 aromatic rings. The molecule has 1 aliphatic heterocycles. The molecule has 0 saturated heterocycles. The average molecular weight is 374 g/mol. The lowest BCUT2D eigenvalue weighted by atomic mass is 10.2. The number of hydrogen-bond donors (Lipinski definition) is 0. The van der Waals surface area contributed by atoms with E-state index in [-0.39, 0.29) is 23.7 Å². The van der Waals surface area contributed by atoms with Gasteiger partial charge in [-0.2, -0.15) is 0 Å². The van der Waals surface area contributed by atoms with E-state index in [0.29, 0.717) is 4.90 Å². The topological polar surface area (TPSA) is 59.5 Å². The molecule has 25 heavy (non-hydrogen) atoms. The Hall–Kier alpha value is -2.49. The molecule has 1 aliphatic rings. The number of carbonyl (C=O) groups excluding carboxylic acids is 1. The van der Waals surface area contributed by atoms with E-state index in [1.165, 1.54) is 17.2 Å². The zero-order valence-corrected chi connectivity index (χ0v) is 13.2. The molecule has 1 unspecified atom stereocenters. The molecule has 132 valence electrons. The number of ether oxygens (including phenoxy) is 1. The first-order chi connectivity index (χ1) is 11.7. The summed E-state index contributed by atoms with van der Waals surface area (Å²) in [6, 6.07) is 6.05. The minimum absolute atomic E-state index is 0.158. The lowest BCUT2D eigenvalue weighted by molar-refractivity contribution is -0.275. The lowest BCUT2D eigenvalue weighted by Crippen LogP contribution is -2.39. The highest BCUT2D eigenvalue weighted by Gasteiger charge is 2.33. The fourth-order valence-corrected chi connectivity index (χ4v) is 3.48. The Kier molecular flexibility index (Phi) is 4.46. The molecule has 0 spiro atoms. The predicted molar refractivity (Wildman–Crippen MR) is 79.8 cm³/mol. The van der Waals surface area contributed by atoms with Gasteiger partial charge in [-0.1, -0.05) is 6.07 Å². The van der Waals surface area contributed by atoms with Crippen LogP contribution in [0.25, 0.3) is 0 Å². The summed E-state index contributed by atoms with van der Waals surface area (Å²) in [5.74, 6) is -2.75. The monoisotopic (exact) mass is 374 g/mol. The van der Waals surface area contributed by atoms with E-state index < -0.39 is 34.6 Å². The Morgan fingerprint density at radius 1 is 1.28 bits per heavy atom. The maximum Gasteiger partial charge on any atom is 0.573 e. The number of anilines is 1. The second-order valence-electron chi connectivity index (χ2n) is 5.11. The van der Waals surface area contributed by atoms with Gasteiger partial charge in [0.25, 0.3) is 0 Å². The van der Waals surface area contributed by atoms with E-state index in [1.807, 2.05) is 0 Å². The first-order valence-electron chi connectivity index (χ1n) is 6.92. The van der Waals surface area contributed by atoms with Crippen LogP contribution >= 0.6 is 0 Å². The van der Waals surface area contributed by atoms with E-state index in [9.17, 15) is 26.6 Å². The van der Waals surface area contributed by atoms with Gasteiger partial charge in [0.15, 0.2) is 17.4 Å². The smallest absolute Gasteiger partial charge is 0.403 e. The summed E-state index contributed by atoms with van der Waals surface area (Å²) in [6.07, 6.45) is -3.63. The van der Waals surface area contributed by atoms with Crippen molar-refractivity contribution in [1.82, 2.24) is 4.98 Å². The summed E-state index contributed by atoms with van der Waals surface area (Å²) in [5, 5.41) is 0. The van der Waals surface area contributed by atoms with E-state index in [1.54, 1.807) is 12.1 Å². The summed E-state index contributed by atoms with van der Waals surface area (Å²) in [7, 11) is -1.53. The molecule has 5 nitrogen and oxygen atoms in total. The standard InChI is InChI=1S/C15H10F4N2O3S/c16-10-4-3-9(6-11(10)24-15(17,18)19)7-21-13(22)8-25(23)12-2-1-5-20-14(12)21/h1-6H,7-8H2. The van der Waals surface area contributed by atoms with E-state index in [0.717, 1.165) is 12.1 Å². The Morgan fingerprint density at radius 2 is 2.04 bits per heavy atom. The largest absolute Gasteiger partial charge is 0.573 e. The average Bonchev–Trinajstić information content (AvgIpc) is 2.53. The molecule has 2 heterocycles. The highest BCUT2D eigenvalue weighted by molar-refractivity contribution is 7.86. The summed E-state index contributed by atoms with van der Waals surface area (Å²) >= 11 is 0. The first kappa shape index (κ1) is 17.3. The summed E-state index contributed by atoms with van der Waals surface area (Å²) in [6.45, 7) is -0.158. The van der Waals surface area contributed by atoms with Crippen LogP contribution in [0, 0.1) is 5.82 Å². The van der Waals surface area contributed by atoms with Gasteiger partial charge < -0.3 is 4.74 Å². The predicted octanol–water partition coefficient (Wildman–Crippen LogP) is 2.77. The third-order valence-corrected chi connectivity index (χ3v) is 4.69. The van der Waals surface area contributed by atoms with Crippen molar-refractivity contribution in [3.63, 3.8) is 0 Å². The van der Waals surface area contributed by atoms with Crippen molar-refractivity contribution >= 4 is 22.5 Å². The van der Waals surface area contributed by atoms with Crippen LogP contribution in [0.2, 0.25) is 0 Å². The van der Waals surface area contributed by atoms with Crippen LogP contribution in [0.3, 0.4) is 0 Å². The lowest BCUT2D eigenvalue weighted by Gasteiger charge is -2.27. The number of alkyl halides is 3. The zero-order valence-electron chi connectivity index (χ0n) is 12.4. The molecule has 1 atom stereocenters. The number of halogens is 4. The Balaban J connectivity index is 1.92. The van der Waals surface area contributed by atoms with Gasteiger partial charge in [0.2, 0.25) is 5.91 Å². The molecule has 0 aliphatic carbocycles. The first-order valence-corrected chi connectivity index (χ1v) is 8.24. The van der Waals surface area contributed by atoms with Crippen LogP contribution in [-0.2, 0) is 22.1 Å². The van der Waals surface area contributed by atoms with Crippen molar-refractivity contribution in [3.8, 4) is 5.75 Å². The maximum absolute atomic E-state index is 13.5. The van der Waals surface area contributed by atoms with Gasteiger partial charge in [0.05, 0.1) is 22.2 Å². The van der Waals surface area contributed by atoms with E-state index >= 15 is 0 Å². The van der Waals surface area contributed by atoms with Crippen LogP contribution in [0.15, 0.2) is 41.4 Å². The molecular weight excluding hydrogens is 364 g/mol. The third kappa shape index (κ3) is 3.78. The third-order valence-electron chi connectivity index (χ3n) is 3.37. The van der Waals surface area contributed by atoms with Crippen molar-refractivity contribution in [1.29, 1.82) is 0 Å². The minimum Gasteiger partial charge on any atom is -0.403 e. The van der Waals surface area contributed by atoms with Gasteiger partial charge >= 0.3 is 6.36 Å². The van der Waals surface area contributed by atoms with E-state index in [2.05, 4.69) is 9.72 Å². The molecule has 1 aromatic carbocycles. The second-order valence-corrected chi connectivity index (χ2v) is 6.53. The quantitative estimate of drug-likeness (QED) is 0.776. The number of fused-ring (bicyclic) bond motifs is 1. The van der Waals surface area contributed by atoms with Gasteiger partial charge in [0, 0.05) is 6.20 Å². The molecule has 3 rings (SSSR count). The van der Waals surface area contributed by atoms with Crippen LogP contribution in [-0.4, -0.2) is 27.2 Å². The Bertz CT molecular complexity index is 857. The highest BCUT2D eigenvalue weighted by Crippen LogP contribution is 2.30. The van der Waals surface area contributed by atoms with Crippen molar-refractivity contribution in [2.45, 2.75) is 17.8 Å². The van der Waals surface area contributed by atoms with E-state index in [4.69, 9.17) is 0 Å². The summed E-state index contributed by atoms with van der Waals surface area (Å²) in [5.41, 5.74) is 0.207. The SMILES string of the molecule is O=C1CS(=O)c2cccnc2N1Cc1ccc(F)c(OC(F)(F)F)c1. The van der Waals surface area contributed by atoms with Crippen LogP contribution in [0.5, 0.6) is 5.75 Å². The molecule has 1 aromatic heterocycles. The molecule has 0 radical (unpaired) electrons. The van der Waals surface area contributed by atoms with Crippen LogP contribution in [0.4, 0.5) is 23.4 Å². The van der Waals surface area contributed by atoms with Crippen molar-refractivity contribution in [2.75, 3.05) is 10.7 Å². The molecule has 10 heteroatoms. The van der Waals surface area contributed by atoms with Crippen LogP contribution < -0.4 is 9.64 Å². The maximum atomic E-state index is 13.5. The minimum atomic E-state index is -5.04. The number of amides is 1. The van der Waals surface area contributed by atoms with Crippen molar-refractivity contribution < 1.29 is 31.3 Å². The number of hydrogen-bond acceptors (Lipinski definition) is 4. The number of rotatable bonds is 3. The number of pyridine rings is 1. The van der Waals surface area contributed by atoms with Gasteiger partial charge in [-0.3, -0.25) is 13.9 Å². The van der Waals surface area contributed by atoms with Gasteiger partial charge in [0.1, 0.15) is 5.75 Å². The van der Waals surface area contributed by atoms with Gasteiger partial charge in [-0.15, -0.1) is 13.2 Å². The fourth-order valence-electron chi connectivity index (χ4n) is 2.34. The Labute approximate surface area is 141 Å². The zero-order chi connectivity index (χ0) is 18.2. The molecule has 1 amide bonds. The molecule has 0 saturated carbocycles. The van der Waals surface area contributed by atoms with Crippen LogP contribution in [0.1, 0.15) is 5.56 Å². The Morgan fingerprint density at radius 3 is 2.76 bits per heavy atom. The molecular formula is C15H10F4N2O3S. The van der Waals surface area contributed by atoms with Crippen molar-refractivity contribution in [2.24, 2.45) is 0 Å². The van der Waals surface area contributed by atoms with Gasteiger partial charge in [-0.05, 0) is 29.8 Å².